The first-order valence-corrected chi connectivity index (χ1v) is 12.8. The second-order valence-corrected chi connectivity index (χ2v) is 10.2. The van der Waals surface area contributed by atoms with Crippen molar-refractivity contribution in [2.24, 2.45) is 5.92 Å². The Hall–Kier alpha value is -4.47. The van der Waals surface area contributed by atoms with Gasteiger partial charge in [0, 0.05) is 24.6 Å². The molecule has 1 saturated heterocycles. The molecular weight excluding hydrogens is 502 g/mol. The van der Waals surface area contributed by atoms with Gasteiger partial charge in [-0.15, -0.1) is 0 Å². The minimum Gasteiger partial charge on any atom is -0.508 e. The smallest absolute Gasteiger partial charge is 0.360 e. The maximum Gasteiger partial charge on any atom is 0.360 e. The van der Waals surface area contributed by atoms with Crippen molar-refractivity contribution in [2.45, 2.75) is 58.5 Å². The number of benzene rings is 2. The second kappa shape index (κ2) is 11.5. The fourth-order valence-corrected chi connectivity index (χ4v) is 4.59. The van der Waals surface area contributed by atoms with E-state index >= 15 is 0 Å². The number of imide groups is 1. The highest BCUT2D eigenvalue weighted by Crippen LogP contribution is 2.22. The van der Waals surface area contributed by atoms with Gasteiger partial charge >= 0.3 is 5.63 Å². The number of nitrogens with one attached hydrogen (secondary N) is 2. The van der Waals surface area contributed by atoms with E-state index < -0.39 is 41.3 Å². The van der Waals surface area contributed by atoms with Crippen LogP contribution in [0.2, 0.25) is 0 Å². The number of fused-ring (bicyclic) bond motifs is 1. The van der Waals surface area contributed by atoms with E-state index in [-0.39, 0.29) is 43.0 Å². The van der Waals surface area contributed by atoms with Crippen molar-refractivity contribution >= 4 is 40.3 Å². The van der Waals surface area contributed by atoms with Gasteiger partial charge in [-0.3, -0.25) is 24.1 Å². The Labute approximate surface area is 225 Å². The molecule has 10 heteroatoms. The van der Waals surface area contributed by atoms with Gasteiger partial charge in [0.05, 0.1) is 0 Å². The van der Waals surface area contributed by atoms with Gasteiger partial charge in [0.15, 0.2) is 0 Å². The number of likely N-dealkylation sites (tertiary alicyclic amines) is 1. The molecule has 2 atom stereocenters. The third kappa shape index (κ3) is 6.51. The number of hydrogen-bond donors (Lipinski definition) is 3. The molecule has 1 aliphatic heterocycles. The van der Waals surface area contributed by atoms with Gasteiger partial charge in [-0.2, -0.15) is 0 Å². The normalized spacial score (nSPS) is 15.0. The molecule has 1 fully saturated rings. The molecule has 4 amide bonds. The van der Waals surface area contributed by atoms with E-state index in [1.807, 2.05) is 26.8 Å². The van der Waals surface area contributed by atoms with Crippen molar-refractivity contribution in [3.8, 4) is 5.75 Å². The van der Waals surface area contributed by atoms with Crippen LogP contribution in [0.4, 0.5) is 5.69 Å². The van der Waals surface area contributed by atoms with Crippen LogP contribution in [0.15, 0.2) is 57.7 Å². The zero-order chi connectivity index (χ0) is 28.3. The van der Waals surface area contributed by atoms with Gasteiger partial charge in [-0.1, -0.05) is 38.1 Å². The Kier molecular flexibility index (Phi) is 8.13. The molecule has 0 bridgehead atoms. The molecule has 3 aromatic rings. The van der Waals surface area contributed by atoms with Gasteiger partial charge in [-0.25, -0.2) is 4.79 Å². The zero-order valence-electron chi connectivity index (χ0n) is 22.0. The highest BCUT2D eigenvalue weighted by molar-refractivity contribution is 6.06. The predicted octanol–water partition coefficient (Wildman–Crippen LogP) is 3.04. The number of carbonyl (C=O) groups is 4. The molecule has 10 nitrogen and oxygen atoms in total. The average molecular weight is 534 g/mol. The van der Waals surface area contributed by atoms with Crippen molar-refractivity contribution in [1.29, 1.82) is 0 Å². The summed E-state index contributed by atoms with van der Waals surface area (Å²) in [6.07, 6.45) is 0.321. The summed E-state index contributed by atoms with van der Waals surface area (Å²) in [6, 6.07) is 10.7. The fraction of sp³-hybridized carbons (Fsp3) is 0.345. The van der Waals surface area contributed by atoms with Crippen molar-refractivity contribution in [3.05, 3.63) is 70.1 Å². The van der Waals surface area contributed by atoms with E-state index in [1.54, 1.807) is 24.3 Å². The number of rotatable bonds is 9. The van der Waals surface area contributed by atoms with Crippen molar-refractivity contribution in [2.75, 3.05) is 5.32 Å². The minimum atomic E-state index is -1.17. The monoisotopic (exact) mass is 533 g/mol. The third-order valence-corrected chi connectivity index (χ3v) is 6.56. The summed E-state index contributed by atoms with van der Waals surface area (Å²) in [6.45, 7) is 5.60. The Bertz CT molecular complexity index is 1460. The second-order valence-electron chi connectivity index (χ2n) is 10.2. The molecule has 1 aromatic heterocycles. The third-order valence-electron chi connectivity index (χ3n) is 6.56. The lowest BCUT2D eigenvalue weighted by molar-refractivity contribution is -0.147. The van der Waals surface area contributed by atoms with Crippen LogP contribution >= 0.6 is 0 Å². The summed E-state index contributed by atoms with van der Waals surface area (Å²) >= 11 is 0. The van der Waals surface area contributed by atoms with Crippen LogP contribution in [0.3, 0.4) is 0 Å². The molecule has 0 aliphatic carbocycles. The Balaban J connectivity index is 1.62. The standard InChI is InChI=1S/C29H31N3O7/c1-16(2)12-23(32-25(34)10-11-26(32)35)28(37)30-21(14-18-5-8-20(33)9-6-18)27(36)31-22-15-19-7-4-17(3)13-24(19)39-29(22)38/h4-9,13,15-16,21,23,33H,10-12,14H2,1-3H3,(H,30,37)(H,31,36)/t21-,23-/m0/s1. The number of aryl methyl sites for hydroxylation is 1. The van der Waals surface area contributed by atoms with Crippen molar-refractivity contribution < 1.29 is 28.7 Å². The van der Waals surface area contributed by atoms with Crippen LogP contribution in [0.1, 0.15) is 44.2 Å². The molecule has 1 aliphatic rings. The van der Waals surface area contributed by atoms with Gasteiger partial charge < -0.3 is 20.2 Å². The van der Waals surface area contributed by atoms with Gasteiger partial charge in [0.1, 0.15) is 29.1 Å². The summed E-state index contributed by atoms with van der Waals surface area (Å²) in [5, 5.41) is 15.5. The molecule has 204 valence electrons. The highest BCUT2D eigenvalue weighted by Gasteiger charge is 2.40. The number of hydrogen-bond acceptors (Lipinski definition) is 7. The van der Waals surface area contributed by atoms with Gasteiger partial charge in [0.25, 0.3) is 0 Å². The van der Waals surface area contributed by atoms with Crippen LogP contribution in [-0.4, -0.2) is 45.7 Å². The lowest BCUT2D eigenvalue weighted by Crippen LogP contribution is -2.55. The summed E-state index contributed by atoms with van der Waals surface area (Å²) in [7, 11) is 0. The van der Waals surface area contributed by atoms with Crippen LogP contribution < -0.4 is 16.3 Å². The molecule has 2 heterocycles. The van der Waals surface area contributed by atoms with Crippen molar-refractivity contribution in [1.82, 2.24) is 10.2 Å². The topological polar surface area (TPSA) is 146 Å². The van der Waals surface area contributed by atoms with E-state index in [0.717, 1.165) is 10.5 Å². The number of anilines is 1. The quantitative estimate of drug-likeness (QED) is 0.283. The number of phenols is 1. The number of nitrogens with zero attached hydrogens (tertiary/aromatic N) is 1. The highest BCUT2D eigenvalue weighted by atomic mass is 16.4. The van der Waals surface area contributed by atoms with Crippen LogP contribution in [-0.2, 0) is 25.6 Å². The lowest BCUT2D eigenvalue weighted by Gasteiger charge is -2.28. The zero-order valence-corrected chi connectivity index (χ0v) is 22.0. The van der Waals surface area contributed by atoms with Gasteiger partial charge in [-0.05, 0) is 54.7 Å². The minimum absolute atomic E-state index is 0.0165. The largest absolute Gasteiger partial charge is 0.508 e. The molecule has 0 unspecified atom stereocenters. The summed E-state index contributed by atoms with van der Waals surface area (Å²) in [4.78, 5) is 65.4. The fourth-order valence-electron chi connectivity index (χ4n) is 4.59. The van der Waals surface area contributed by atoms with Crippen molar-refractivity contribution in [3.63, 3.8) is 0 Å². The summed E-state index contributed by atoms with van der Waals surface area (Å²) in [5.41, 5.74) is 1.07. The molecule has 0 radical (unpaired) electrons. The van der Waals surface area contributed by atoms with Crippen LogP contribution in [0.25, 0.3) is 11.0 Å². The molecule has 3 N–H and O–H groups in total. The van der Waals surface area contributed by atoms with E-state index in [4.69, 9.17) is 4.42 Å². The predicted molar refractivity (Wildman–Crippen MR) is 144 cm³/mol. The van der Waals surface area contributed by atoms with E-state index in [1.165, 1.54) is 18.2 Å². The first-order chi connectivity index (χ1) is 18.5. The summed E-state index contributed by atoms with van der Waals surface area (Å²) < 4.78 is 5.37. The van der Waals surface area contributed by atoms with E-state index in [9.17, 15) is 29.1 Å². The van der Waals surface area contributed by atoms with Gasteiger partial charge in [0.2, 0.25) is 23.6 Å². The first-order valence-electron chi connectivity index (χ1n) is 12.8. The lowest BCUT2D eigenvalue weighted by atomic mass is 10.00. The first kappa shape index (κ1) is 27.6. The average Bonchev–Trinajstić information content (AvgIpc) is 3.21. The summed E-state index contributed by atoms with van der Waals surface area (Å²) in [5.74, 6) is -2.16. The Morgan fingerprint density at radius 2 is 1.64 bits per heavy atom. The molecule has 2 aromatic carbocycles. The SMILES string of the molecule is Cc1ccc2cc(NC(=O)[C@H](Cc3ccc(O)cc3)NC(=O)[C@H](CC(C)C)N3C(=O)CCC3=O)c(=O)oc2c1. The molecule has 4 rings (SSSR count). The maximum absolute atomic E-state index is 13.5. The van der Waals surface area contributed by atoms with Crippen LogP contribution in [0.5, 0.6) is 5.75 Å². The van der Waals surface area contributed by atoms with Crippen LogP contribution in [0, 0.1) is 12.8 Å². The Morgan fingerprint density at radius 3 is 2.28 bits per heavy atom. The Morgan fingerprint density at radius 1 is 0.974 bits per heavy atom. The maximum atomic E-state index is 13.5. The molecule has 0 saturated carbocycles. The molecular formula is C29H31N3O7. The molecule has 0 spiro atoms. The number of carbonyl (C=O) groups excluding carboxylic acids is 4. The number of aromatic hydroxyl groups is 1. The van der Waals surface area contributed by atoms with E-state index in [0.29, 0.717) is 16.5 Å². The molecule has 39 heavy (non-hydrogen) atoms. The number of phenolic OH excluding ortho intramolecular Hbond substituents is 1. The van der Waals surface area contributed by atoms with E-state index in [2.05, 4.69) is 10.6 Å². The number of amides is 4.